The van der Waals surface area contributed by atoms with Crippen molar-refractivity contribution in [2.75, 3.05) is 38.0 Å². The Morgan fingerprint density at radius 2 is 1.92 bits per heavy atom. The molecule has 0 unspecified atom stereocenters. The van der Waals surface area contributed by atoms with E-state index in [1.165, 1.54) is 0 Å². The number of halogens is 1. The van der Waals surface area contributed by atoms with Crippen LogP contribution in [0.2, 0.25) is 5.02 Å². The normalized spacial score (nSPS) is 16.1. The van der Waals surface area contributed by atoms with Gasteiger partial charge in [-0.05, 0) is 43.2 Å². The maximum Gasteiger partial charge on any atom is 0.238 e. The van der Waals surface area contributed by atoms with Gasteiger partial charge in [-0.2, -0.15) is 0 Å². The highest BCUT2D eigenvalue weighted by molar-refractivity contribution is 6.34. The fourth-order valence-electron chi connectivity index (χ4n) is 3.18. The number of anilines is 1. The van der Waals surface area contributed by atoms with Gasteiger partial charge in [-0.15, -0.1) is 0 Å². The second-order valence-electron chi connectivity index (χ2n) is 6.62. The molecule has 1 aromatic heterocycles. The summed E-state index contributed by atoms with van der Waals surface area (Å²) in [5.74, 6) is 0.962. The van der Waals surface area contributed by atoms with Crippen LogP contribution in [-0.4, -0.2) is 48.4 Å². The zero-order valence-electron chi connectivity index (χ0n) is 14.7. The van der Waals surface area contributed by atoms with Crippen LogP contribution in [0.3, 0.4) is 0 Å². The van der Waals surface area contributed by atoms with Crippen molar-refractivity contribution >= 4 is 23.2 Å². The van der Waals surface area contributed by atoms with Gasteiger partial charge < -0.3 is 9.73 Å². The van der Waals surface area contributed by atoms with Crippen LogP contribution < -0.4 is 5.32 Å². The van der Waals surface area contributed by atoms with Crippen LogP contribution in [0, 0.1) is 13.8 Å². The fourth-order valence-corrected chi connectivity index (χ4v) is 3.55. The molecule has 1 aliphatic rings. The average Bonchev–Trinajstić information content (AvgIpc) is 3.06. The molecular formula is C19H24ClN3O2. The highest BCUT2D eigenvalue weighted by Gasteiger charge is 2.20. The van der Waals surface area contributed by atoms with Gasteiger partial charge >= 0.3 is 0 Å². The first-order chi connectivity index (χ1) is 12.0. The molecule has 1 saturated heterocycles. The van der Waals surface area contributed by atoms with Crippen LogP contribution >= 0.6 is 11.6 Å². The Kier molecular flexibility index (Phi) is 5.78. The van der Waals surface area contributed by atoms with Gasteiger partial charge in [-0.25, -0.2) is 0 Å². The first-order valence-corrected chi connectivity index (χ1v) is 8.93. The predicted octanol–water partition coefficient (Wildman–Crippen LogP) is 3.31. The lowest BCUT2D eigenvalue weighted by Crippen LogP contribution is -2.48. The fraction of sp³-hybridized carbons (Fsp3) is 0.421. The Morgan fingerprint density at radius 3 is 2.56 bits per heavy atom. The van der Waals surface area contributed by atoms with E-state index in [1.807, 2.05) is 38.1 Å². The molecule has 25 heavy (non-hydrogen) atoms. The number of benzene rings is 1. The number of nitrogens with one attached hydrogen (secondary N) is 1. The lowest BCUT2D eigenvalue weighted by atomic mass is 10.1. The van der Waals surface area contributed by atoms with Crippen molar-refractivity contribution in [2.24, 2.45) is 0 Å². The molecule has 1 fully saturated rings. The Hall–Kier alpha value is -1.82. The van der Waals surface area contributed by atoms with Crippen molar-refractivity contribution in [2.45, 2.75) is 20.4 Å². The van der Waals surface area contributed by atoms with Crippen molar-refractivity contribution in [3.63, 3.8) is 0 Å². The standard InChI is InChI=1S/C19H24ClN3O2/c1-14-10-15(2)19(17(20)11-14)21-18(24)13-23-7-5-22(6-8-23)12-16-4-3-9-25-16/h3-4,9-11H,5-8,12-13H2,1-2H3,(H,21,24). The van der Waals surface area contributed by atoms with Crippen LogP contribution in [0.15, 0.2) is 34.9 Å². The Balaban J connectivity index is 1.48. The number of hydrogen-bond acceptors (Lipinski definition) is 4. The molecule has 1 N–H and O–H groups in total. The SMILES string of the molecule is Cc1cc(C)c(NC(=O)CN2CCN(Cc3ccco3)CC2)c(Cl)c1. The predicted molar refractivity (Wildman–Crippen MR) is 100.0 cm³/mol. The number of furan rings is 1. The van der Waals surface area contributed by atoms with Gasteiger partial charge in [0.1, 0.15) is 5.76 Å². The maximum absolute atomic E-state index is 12.4. The van der Waals surface area contributed by atoms with Gasteiger partial charge in [0.2, 0.25) is 5.91 Å². The molecule has 1 aliphatic heterocycles. The zero-order chi connectivity index (χ0) is 17.8. The lowest BCUT2D eigenvalue weighted by Gasteiger charge is -2.33. The molecule has 0 radical (unpaired) electrons. The summed E-state index contributed by atoms with van der Waals surface area (Å²) in [4.78, 5) is 16.9. The highest BCUT2D eigenvalue weighted by Crippen LogP contribution is 2.27. The number of rotatable bonds is 5. The molecule has 2 aromatic rings. The van der Waals surface area contributed by atoms with Crippen LogP contribution in [0.25, 0.3) is 0 Å². The second-order valence-corrected chi connectivity index (χ2v) is 7.03. The van der Waals surface area contributed by atoms with Crippen molar-refractivity contribution in [3.8, 4) is 0 Å². The quantitative estimate of drug-likeness (QED) is 0.887. The van der Waals surface area contributed by atoms with E-state index >= 15 is 0 Å². The third-order valence-electron chi connectivity index (χ3n) is 4.49. The van der Waals surface area contributed by atoms with Crippen LogP contribution in [-0.2, 0) is 11.3 Å². The summed E-state index contributed by atoms with van der Waals surface area (Å²) >= 11 is 6.26. The number of nitrogens with zero attached hydrogens (tertiary/aromatic N) is 2. The summed E-state index contributed by atoms with van der Waals surface area (Å²) in [5.41, 5.74) is 2.79. The Bertz CT molecular complexity index is 699. The monoisotopic (exact) mass is 361 g/mol. The van der Waals surface area contributed by atoms with Gasteiger partial charge in [-0.1, -0.05) is 17.7 Å². The molecule has 0 atom stereocenters. The maximum atomic E-state index is 12.4. The van der Waals surface area contributed by atoms with E-state index in [4.69, 9.17) is 16.0 Å². The molecule has 0 spiro atoms. The summed E-state index contributed by atoms with van der Waals surface area (Å²) < 4.78 is 5.39. The molecule has 6 heteroatoms. The number of aryl methyl sites for hydroxylation is 2. The third-order valence-corrected chi connectivity index (χ3v) is 4.79. The van der Waals surface area contributed by atoms with E-state index in [1.54, 1.807) is 6.26 Å². The first kappa shape index (κ1) is 18.0. The number of carbonyl (C=O) groups is 1. The topological polar surface area (TPSA) is 48.7 Å². The summed E-state index contributed by atoms with van der Waals surface area (Å²) in [6.45, 7) is 8.76. The molecule has 1 amide bonds. The summed E-state index contributed by atoms with van der Waals surface area (Å²) in [5, 5.41) is 3.55. The van der Waals surface area contributed by atoms with Crippen molar-refractivity contribution in [3.05, 3.63) is 52.4 Å². The molecule has 3 rings (SSSR count). The molecule has 0 bridgehead atoms. The molecule has 0 aliphatic carbocycles. The van der Waals surface area contributed by atoms with Crippen LogP contribution in [0.1, 0.15) is 16.9 Å². The summed E-state index contributed by atoms with van der Waals surface area (Å²) in [6, 6.07) is 7.80. The first-order valence-electron chi connectivity index (χ1n) is 8.55. The van der Waals surface area contributed by atoms with E-state index in [9.17, 15) is 4.79 Å². The van der Waals surface area contributed by atoms with E-state index in [-0.39, 0.29) is 5.91 Å². The minimum Gasteiger partial charge on any atom is -0.468 e. The van der Waals surface area contributed by atoms with Crippen molar-refractivity contribution < 1.29 is 9.21 Å². The molecule has 0 saturated carbocycles. The smallest absolute Gasteiger partial charge is 0.238 e. The third kappa shape index (κ3) is 4.84. The van der Waals surface area contributed by atoms with E-state index in [2.05, 4.69) is 15.1 Å². The minimum atomic E-state index is -0.0201. The number of amides is 1. The number of carbonyl (C=O) groups excluding carboxylic acids is 1. The van der Waals surface area contributed by atoms with Gasteiger partial charge in [-0.3, -0.25) is 14.6 Å². The largest absolute Gasteiger partial charge is 0.468 e. The average molecular weight is 362 g/mol. The zero-order valence-corrected chi connectivity index (χ0v) is 15.5. The molecular weight excluding hydrogens is 338 g/mol. The Labute approximate surface area is 153 Å². The van der Waals surface area contributed by atoms with Gasteiger partial charge in [0, 0.05) is 26.2 Å². The molecule has 2 heterocycles. The van der Waals surface area contributed by atoms with E-state index in [0.29, 0.717) is 17.3 Å². The van der Waals surface area contributed by atoms with Crippen LogP contribution in [0.5, 0.6) is 0 Å². The van der Waals surface area contributed by atoms with E-state index in [0.717, 1.165) is 49.6 Å². The highest BCUT2D eigenvalue weighted by atomic mass is 35.5. The molecule has 1 aromatic carbocycles. The lowest BCUT2D eigenvalue weighted by molar-refractivity contribution is -0.117. The molecule has 5 nitrogen and oxygen atoms in total. The van der Waals surface area contributed by atoms with Gasteiger partial charge in [0.05, 0.1) is 30.1 Å². The summed E-state index contributed by atoms with van der Waals surface area (Å²) in [6.07, 6.45) is 1.70. The summed E-state index contributed by atoms with van der Waals surface area (Å²) in [7, 11) is 0. The van der Waals surface area contributed by atoms with Crippen molar-refractivity contribution in [1.82, 2.24) is 9.80 Å². The Morgan fingerprint density at radius 1 is 1.20 bits per heavy atom. The van der Waals surface area contributed by atoms with Crippen molar-refractivity contribution in [1.29, 1.82) is 0 Å². The minimum absolute atomic E-state index is 0.0201. The van der Waals surface area contributed by atoms with Crippen LogP contribution in [0.4, 0.5) is 5.69 Å². The number of hydrogen-bond donors (Lipinski definition) is 1. The number of piperazine rings is 1. The van der Waals surface area contributed by atoms with E-state index < -0.39 is 0 Å². The van der Waals surface area contributed by atoms with Gasteiger partial charge in [0.25, 0.3) is 0 Å². The second kappa shape index (κ2) is 8.04. The molecule has 134 valence electrons. The van der Waals surface area contributed by atoms with Gasteiger partial charge in [0.15, 0.2) is 0 Å².